The lowest BCUT2D eigenvalue weighted by atomic mass is 10.1. The number of phenols is 1. The Balaban J connectivity index is 1.44. The molecule has 1 saturated heterocycles. The van der Waals surface area contributed by atoms with Gasteiger partial charge in [0.25, 0.3) is 0 Å². The average molecular weight is 335 g/mol. The summed E-state index contributed by atoms with van der Waals surface area (Å²) in [7, 11) is 0. The highest BCUT2D eigenvalue weighted by Crippen LogP contribution is 2.30. The summed E-state index contributed by atoms with van der Waals surface area (Å²) in [5.41, 5.74) is 3.11. The van der Waals surface area contributed by atoms with Crippen LogP contribution in [-0.4, -0.2) is 33.3 Å². The van der Waals surface area contributed by atoms with Crippen LogP contribution >= 0.6 is 0 Å². The zero-order chi connectivity index (χ0) is 17.2. The van der Waals surface area contributed by atoms with Gasteiger partial charge in [-0.25, -0.2) is 0 Å². The topological polar surface area (TPSA) is 62.4 Å². The van der Waals surface area contributed by atoms with Crippen molar-refractivity contribution in [1.29, 1.82) is 0 Å². The molecule has 0 spiro atoms. The van der Waals surface area contributed by atoms with E-state index in [9.17, 15) is 5.11 Å². The van der Waals surface area contributed by atoms with Gasteiger partial charge in [-0.1, -0.05) is 35.9 Å². The van der Waals surface area contributed by atoms with Crippen LogP contribution in [0.25, 0.3) is 11.5 Å². The van der Waals surface area contributed by atoms with Crippen LogP contribution < -0.4 is 0 Å². The molecule has 5 nitrogen and oxygen atoms in total. The van der Waals surface area contributed by atoms with Crippen molar-refractivity contribution in [3.63, 3.8) is 0 Å². The first-order valence-electron chi connectivity index (χ1n) is 8.59. The minimum Gasteiger partial charge on any atom is -0.508 e. The van der Waals surface area contributed by atoms with E-state index in [0.29, 0.717) is 17.5 Å². The van der Waals surface area contributed by atoms with Crippen LogP contribution in [0.3, 0.4) is 0 Å². The lowest BCUT2D eigenvalue weighted by molar-refractivity contribution is 0.314. The van der Waals surface area contributed by atoms with Gasteiger partial charge in [-0.05, 0) is 38.1 Å². The summed E-state index contributed by atoms with van der Waals surface area (Å²) in [5, 5.41) is 18.4. The molecule has 2 aromatic carbocycles. The molecule has 1 aromatic heterocycles. The number of aryl methyl sites for hydroxylation is 1. The van der Waals surface area contributed by atoms with Gasteiger partial charge in [0.15, 0.2) is 0 Å². The Morgan fingerprint density at radius 2 is 1.92 bits per heavy atom. The number of likely N-dealkylation sites (tertiary alicyclic amines) is 1. The van der Waals surface area contributed by atoms with E-state index in [0.717, 1.165) is 37.2 Å². The van der Waals surface area contributed by atoms with Crippen LogP contribution in [0.5, 0.6) is 5.75 Å². The monoisotopic (exact) mass is 335 g/mol. The van der Waals surface area contributed by atoms with Crippen LogP contribution in [0.1, 0.15) is 29.4 Å². The maximum absolute atomic E-state index is 9.94. The van der Waals surface area contributed by atoms with Gasteiger partial charge in [0.05, 0.1) is 5.92 Å². The molecule has 0 bridgehead atoms. The van der Waals surface area contributed by atoms with Crippen molar-refractivity contribution in [1.82, 2.24) is 15.1 Å². The molecule has 0 aliphatic carbocycles. The second kappa shape index (κ2) is 6.69. The van der Waals surface area contributed by atoms with Gasteiger partial charge >= 0.3 is 0 Å². The Kier molecular flexibility index (Phi) is 4.24. The third-order valence-electron chi connectivity index (χ3n) is 4.75. The molecule has 0 radical (unpaired) electrons. The second-order valence-corrected chi connectivity index (χ2v) is 6.66. The van der Waals surface area contributed by atoms with Gasteiger partial charge in [-0.15, -0.1) is 10.2 Å². The first kappa shape index (κ1) is 15.8. The zero-order valence-electron chi connectivity index (χ0n) is 14.2. The zero-order valence-corrected chi connectivity index (χ0v) is 14.2. The van der Waals surface area contributed by atoms with Gasteiger partial charge in [-0.2, -0.15) is 0 Å². The summed E-state index contributed by atoms with van der Waals surface area (Å²) in [6.07, 6.45) is 0.989. The van der Waals surface area contributed by atoms with E-state index in [1.165, 1.54) is 5.56 Å². The highest BCUT2D eigenvalue weighted by molar-refractivity contribution is 5.52. The fraction of sp³-hybridized carbons (Fsp3) is 0.300. The molecule has 1 aliphatic heterocycles. The predicted octanol–water partition coefficient (Wildman–Crippen LogP) is 3.74. The van der Waals surface area contributed by atoms with E-state index >= 15 is 0 Å². The minimum absolute atomic E-state index is 0.248. The smallest absolute Gasteiger partial charge is 0.247 e. The fourth-order valence-electron chi connectivity index (χ4n) is 3.28. The number of rotatable bonds is 4. The molecule has 0 amide bonds. The van der Waals surface area contributed by atoms with Crippen LogP contribution in [-0.2, 0) is 6.54 Å². The van der Waals surface area contributed by atoms with Crippen molar-refractivity contribution in [2.24, 2.45) is 0 Å². The standard InChI is InChI=1S/C20H21N3O2/c1-14-6-8-15(9-7-14)19-21-22-20(25-19)17-10-11-23(13-17)12-16-4-2-3-5-18(16)24/h2-9,17,24H,10-13H2,1H3/t17-/m0/s1. The maximum atomic E-state index is 9.94. The van der Waals surface area contributed by atoms with Crippen molar-refractivity contribution in [2.45, 2.75) is 25.8 Å². The Morgan fingerprint density at radius 3 is 2.72 bits per heavy atom. The number of aromatic hydroxyl groups is 1. The molecule has 0 saturated carbocycles. The van der Waals surface area contributed by atoms with Crippen molar-refractivity contribution in [2.75, 3.05) is 13.1 Å². The quantitative estimate of drug-likeness (QED) is 0.787. The summed E-state index contributed by atoms with van der Waals surface area (Å²) < 4.78 is 5.92. The first-order valence-corrected chi connectivity index (χ1v) is 8.59. The SMILES string of the molecule is Cc1ccc(-c2nnc([C@H]3CCN(Cc4ccccc4O)C3)o2)cc1. The van der Waals surface area contributed by atoms with E-state index in [1.807, 2.05) is 42.5 Å². The Hall–Kier alpha value is -2.66. The van der Waals surface area contributed by atoms with E-state index < -0.39 is 0 Å². The number of hydrogen-bond donors (Lipinski definition) is 1. The van der Waals surface area contributed by atoms with E-state index in [-0.39, 0.29) is 5.92 Å². The minimum atomic E-state index is 0.248. The molecule has 25 heavy (non-hydrogen) atoms. The second-order valence-electron chi connectivity index (χ2n) is 6.66. The van der Waals surface area contributed by atoms with Gasteiger partial charge in [0.1, 0.15) is 5.75 Å². The number of hydrogen-bond acceptors (Lipinski definition) is 5. The third kappa shape index (κ3) is 3.42. The Bertz CT molecular complexity index is 857. The molecular weight excluding hydrogens is 314 g/mol. The fourth-order valence-corrected chi connectivity index (χ4v) is 3.28. The molecule has 128 valence electrons. The summed E-state index contributed by atoms with van der Waals surface area (Å²) in [5.74, 6) is 1.88. The largest absolute Gasteiger partial charge is 0.508 e. The van der Waals surface area contributed by atoms with Crippen molar-refractivity contribution in [3.05, 3.63) is 65.5 Å². The molecule has 1 N–H and O–H groups in total. The molecule has 1 aliphatic rings. The van der Waals surface area contributed by atoms with E-state index in [2.05, 4.69) is 22.0 Å². The van der Waals surface area contributed by atoms with Crippen LogP contribution in [0.4, 0.5) is 0 Å². The number of aromatic nitrogens is 2. The van der Waals surface area contributed by atoms with Crippen LogP contribution in [0, 0.1) is 6.92 Å². The lowest BCUT2D eigenvalue weighted by Crippen LogP contribution is -2.19. The molecule has 0 unspecified atom stereocenters. The Morgan fingerprint density at radius 1 is 1.12 bits per heavy atom. The molecule has 2 heterocycles. The molecular formula is C20H21N3O2. The van der Waals surface area contributed by atoms with Crippen LogP contribution in [0.15, 0.2) is 52.9 Å². The van der Waals surface area contributed by atoms with Gasteiger partial charge < -0.3 is 9.52 Å². The molecule has 3 aromatic rings. The van der Waals surface area contributed by atoms with Crippen molar-refractivity contribution < 1.29 is 9.52 Å². The first-order chi connectivity index (χ1) is 12.2. The molecule has 5 heteroatoms. The summed E-state index contributed by atoms with van der Waals surface area (Å²) in [6.45, 7) is 4.62. The van der Waals surface area contributed by atoms with Crippen molar-refractivity contribution >= 4 is 0 Å². The predicted molar refractivity (Wildman–Crippen MR) is 95.2 cm³/mol. The number of benzene rings is 2. The van der Waals surface area contributed by atoms with Gasteiger partial charge in [0.2, 0.25) is 11.8 Å². The van der Waals surface area contributed by atoms with Gasteiger partial charge in [-0.3, -0.25) is 4.90 Å². The number of para-hydroxylation sites is 1. The summed E-state index contributed by atoms with van der Waals surface area (Å²) in [6, 6.07) is 15.6. The third-order valence-corrected chi connectivity index (χ3v) is 4.75. The maximum Gasteiger partial charge on any atom is 0.247 e. The van der Waals surface area contributed by atoms with E-state index in [1.54, 1.807) is 6.07 Å². The van der Waals surface area contributed by atoms with E-state index in [4.69, 9.17) is 4.42 Å². The van der Waals surface area contributed by atoms with Crippen LogP contribution in [0.2, 0.25) is 0 Å². The number of phenolic OH excluding ortho intramolecular Hbond substituents is 1. The summed E-state index contributed by atoms with van der Waals surface area (Å²) >= 11 is 0. The Labute approximate surface area is 146 Å². The van der Waals surface area contributed by atoms with Crippen molar-refractivity contribution in [3.8, 4) is 17.2 Å². The lowest BCUT2D eigenvalue weighted by Gasteiger charge is -2.15. The highest BCUT2D eigenvalue weighted by atomic mass is 16.4. The number of nitrogens with zero attached hydrogens (tertiary/aromatic N) is 3. The van der Waals surface area contributed by atoms with Gasteiger partial charge in [0, 0.05) is 24.2 Å². The summed E-state index contributed by atoms with van der Waals surface area (Å²) in [4.78, 5) is 2.31. The molecule has 1 fully saturated rings. The highest BCUT2D eigenvalue weighted by Gasteiger charge is 2.28. The molecule has 4 rings (SSSR count). The normalized spacial score (nSPS) is 17.9. The molecule has 1 atom stereocenters. The average Bonchev–Trinajstić information content (AvgIpc) is 3.27.